The lowest BCUT2D eigenvalue weighted by atomic mass is 9.90. The molecule has 2 amide bonds. The zero-order chi connectivity index (χ0) is 14.3. The Labute approximate surface area is 110 Å². The highest BCUT2D eigenvalue weighted by Crippen LogP contribution is 2.19. The van der Waals surface area contributed by atoms with E-state index in [1.165, 1.54) is 0 Å². The molecule has 0 saturated carbocycles. The molecule has 0 aliphatic carbocycles. The average Bonchev–Trinajstić information content (AvgIpc) is 2.27. The quantitative estimate of drug-likeness (QED) is 0.736. The van der Waals surface area contributed by atoms with Gasteiger partial charge in [0.05, 0.1) is 5.41 Å². The van der Waals surface area contributed by atoms with Crippen molar-refractivity contribution in [3.8, 4) is 0 Å². The van der Waals surface area contributed by atoms with Crippen molar-refractivity contribution >= 4 is 12.0 Å². The number of hydrogen-bond donors (Lipinski definition) is 2. The van der Waals surface area contributed by atoms with Crippen molar-refractivity contribution in [3.63, 3.8) is 0 Å². The minimum atomic E-state index is -0.843. The molecule has 0 aliphatic rings. The van der Waals surface area contributed by atoms with Crippen LogP contribution in [0.3, 0.4) is 0 Å². The lowest BCUT2D eigenvalue weighted by Crippen LogP contribution is -2.43. The van der Waals surface area contributed by atoms with Crippen LogP contribution >= 0.6 is 0 Å². The van der Waals surface area contributed by atoms with Gasteiger partial charge in [-0.1, -0.05) is 13.3 Å². The van der Waals surface area contributed by atoms with E-state index in [1.807, 2.05) is 6.92 Å². The first-order valence-electron chi connectivity index (χ1n) is 6.46. The van der Waals surface area contributed by atoms with Crippen LogP contribution in [0.2, 0.25) is 0 Å². The number of urea groups is 1. The summed E-state index contributed by atoms with van der Waals surface area (Å²) in [4.78, 5) is 24.3. The Morgan fingerprint density at radius 2 is 1.94 bits per heavy atom. The average molecular weight is 258 g/mol. The second-order valence-electron chi connectivity index (χ2n) is 5.42. The van der Waals surface area contributed by atoms with Gasteiger partial charge in [0, 0.05) is 19.6 Å². The summed E-state index contributed by atoms with van der Waals surface area (Å²) < 4.78 is 0. The Bertz CT molecular complexity index is 290. The summed E-state index contributed by atoms with van der Waals surface area (Å²) in [6.45, 7) is 7.78. The molecule has 5 heteroatoms. The molecule has 18 heavy (non-hydrogen) atoms. The fourth-order valence-electron chi connectivity index (χ4n) is 1.53. The maximum Gasteiger partial charge on any atom is 0.317 e. The molecule has 2 N–H and O–H groups in total. The zero-order valence-corrected chi connectivity index (χ0v) is 12.1. The lowest BCUT2D eigenvalue weighted by molar-refractivity contribution is -0.147. The molecular weight excluding hydrogens is 232 g/mol. The number of aliphatic carboxylic acids is 1. The Morgan fingerprint density at radius 3 is 2.39 bits per heavy atom. The fourth-order valence-corrected chi connectivity index (χ4v) is 1.53. The van der Waals surface area contributed by atoms with Gasteiger partial charge in [-0.2, -0.15) is 0 Å². The van der Waals surface area contributed by atoms with E-state index in [0.29, 0.717) is 13.0 Å². The summed E-state index contributed by atoms with van der Waals surface area (Å²) in [5, 5.41) is 11.7. The zero-order valence-electron chi connectivity index (χ0n) is 12.1. The van der Waals surface area contributed by atoms with Crippen LogP contribution in [-0.4, -0.2) is 41.6 Å². The summed E-state index contributed by atoms with van der Waals surface area (Å²) in [5.41, 5.74) is -0.805. The highest BCUT2D eigenvalue weighted by atomic mass is 16.4. The molecule has 1 unspecified atom stereocenters. The van der Waals surface area contributed by atoms with Gasteiger partial charge in [0.25, 0.3) is 0 Å². The Kier molecular flexibility index (Phi) is 6.73. The van der Waals surface area contributed by atoms with Crippen molar-refractivity contribution in [2.45, 2.75) is 53.0 Å². The van der Waals surface area contributed by atoms with E-state index in [0.717, 1.165) is 12.8 Å². The molecule has 0 heterocycles. The molecule has 1 atom stereocenters. The molecule has 0 fully saturated rings. The summed E-state index contributed by atoms with van der Waals surface area (Å²) in [6, 6.07) is 0.0552. The minimum absolute atomic E-state index is 0.142. The number of carbonyl (C=O) groups is 2. The van der Waals surface area contributed by atoms with E-state index in [1.54, 1.807) is 25.8 Å². The van der Waals surface area contributed by atoms with Gasteiger partial charge in [-0.3, -0.25) is 4.79 Å². The van der Waals surface area contributed by atoms with Crippen LogP contribution < -0.4 is 5.32 Å². The summed E-state index contributed by atoms with van der Waals surface area (Å²) in [7, 11) is 1.76. The van der Waals surface area contributed by atoms with Crippen molar-refractivity contribution in [2.24, 2.45) is 5.41 Å². The number of nitrogens with one attached hydrogen (secondary N) is 1. The number of hydrogen-bond acceptors (Lipinski definition) is 2. The highest BCUT2D eigenvalue weighted by Gasteiger charge is 2.26. The highest BCUT2D eigenvalue weighted by molar-refractivity contribution is 5.75. The molecule has 106 valence electrons. The van der Waals surface area contributed by atoms with Gasteiger partial charge in [0.2, 0.25) is 0 Å². The van der Waals surface area contributed by atoms with Crippen LogP contribution in [0.1, 0.15) is 47.0 Å². The first kappa shape index (κ1) is 16.7. The third-order valence-electron chi connectivity index (χ3n) is 3.29. The van der Waals surface area contributed by atoms with E-state index >= 15 is 0 Å². The third kappa shape index (κ3) is 5.38. The third-order valence-corrected chi connectivity index (χ3v) is 3.29. The Balaban J connectivity index is 4.08. The number of rotatable bonds is 7. The normalized spacial score (nSPS) is 12.9. The molecule has 0 aromatic carbocycles. The summed E-state index contributed by atoms with van der Waals surface area (Å²) >= 11 is 0. The molecule has 0 spiro atoms. The van der Waals surface area contributed by atoms with Gasteiger partial charge in [-0.05, 0) is 33.6 Å². The van der Waals surface area contributed by atoms with Crippen molar-refractivity contribution in [1.29, 1.82) is 0 Å². The van der Waals surface area contributed by atoms with Crippen molar-refractivity contribution < 1.29 is 14.7 Å². The van der Waals surface area contributed by atoms with Crippen LogP contribution in [0.4, 0.5) is 4.79 Å². The number of carbonyl (C=O) groups excluding carboxylic acids is 1. The van der Waals surface area contributed by atoms with Crippen LogP contribution in [0.15, 0.2) is 0 Å². The van der Waals surface area contributed by atoms with Crippen LogP contribution in [0, 0.1) is 5.41 Å². The standard InChI is InChI=1S/C13H26N2O3/c1-6-7-10(2)15(5)12(18)14-9-8-13(3,4)11(16)17/h10H,6-9H2,1-5H3,(H,14,18)(H,16,17). The van der Waals surface area contributed by atoms with E-state index in [-0.39, 0.29) is 12.1 Å². The van der Waals surface area contributed by atoms with Gasteiger partial charge in [-0.25, -0.2) is 4.79 Å². The largest absolute Gasteiger partial charge is 0.481 e. The van der Waals surface area contributed by atoms with E-state index in [2.05, 4.69) is 12.2 Å². The van der Waals surface area contributed by atoms with E-state index < -0.39 is 11.4 Å². The number of carboxylic acids is 1. The summed E-state index contributed by atoms with van der Waals surface area (Å²) in [6.07, 6.45) is 2.42. The maximum atomic E-state index is 11.8. The van der Waals surface area contributed by atoms with E-state index in [9.17, 15) is 9.59 Å². The fraction of sp³-hybridized carbons (Fsp3) is 0.846. The topological polar surface area (TPSA) is 69.6 Å². The van der Waals surface area contributed by atoms with E-state index in [4.69, 9.17) is 5.11 Å². The molecule has 0 rings (SSSR count). The number of carboxylic acid groups (broad SMARTS) is 1. The lowest BCUT2D eigenvalue weighted by Gasteiger charge is -2.26. The van der Waals surface area contributed by atoms with Gasteiger partial charge >= 0.3 is 12.0 Å². The second-order valence-corrected chi connectivity index (χ2v) is 5.42. The maximum absolute atomic E-state index is 11.8. The molecule has 0 saturated heterocycles. The van der Waals surface area contributed by atoms with Crippen molar-refractivity contribution in [1.82, 2.24) is 10.2 Å². The Morgan fingerprint density at radius 1 is 1.39 bits per heavy atom. The smallest absolute Gasteiger partial charge is 0.317 e. The second kappa shape index (κ2) is 7.24. The monoisotopic (exact) mass is 258 g/mol. The Hall–Kier alpha value is -1.26. The molecule has 5 nitrogen and oxygen atoms in total. The van der Waals surface area contributed by atoms with Crippen LogP contribution in [0.25, 0.3) is 0 Å². The molecule has 0 radical (unpaired) electrons. The van der Waals surface area contributed by atoms with Gasteiger partial charge < -0.3 is 15.3 Å². The van der Waals surface area contributed by atoms with Crippen LogP contribution in [-0.2, 0) is 4.79 Å². The number of amides is 2. The van der Waals surface area contributed by atoms with Gasteiger partial charge in [-0.15, -0.1) is 0 Å². The molecule has 0 aromatic heterocycles. The SMILES string of the molecule is CCCC(C)N(C)C(=O)NCCC(C)(C)C(=O)O. The summed E-state index contributed by atoms with van der Waals surface area (Å²) in [5.74, 6) is -0.843. The predicted molar refractivity (Wildman–Crippen MR) is 71.6 cm³/mol. The molecule has 0 aliphatic heterocycles. The van der Waals surface area contributed by atoms with Crippen molar-refractivity contribution in [2.75, 3.05) is 13.6 Å². The van der Waals surface area contributed by atoms with Gasteiger partial charge in [0.1, 0.15) is 0 Å². The van der Waals surface area contributed by atoms with Crippen LogP contribution in [0.5, 0.6) is 0 Å². The first-order chi connectivity index (χ1) is 8.22. The van der Waals surface area contributed by atoms with Gasteiger partial charge in [0.15, 0.2) is 0 Å². The first-order valence-corrected chi connectivity index (χ1v) is 6.46. The molecular formula is C13H26N2O3. The minimum Gasteiger partial charge on any atom is -0.481 e. The predicted octanol–water partition coefficient (Wildman–Crippen LogP) is 2.32. The molecule has 0 bridgehead atoms. The number of nitrogens with zero attached hydrogens (tertiary/aromatic N) is 1. The molecule has 0 aromatic rings. The van der Waals surface area contributed by atoms with Crippen molar-refractivity contribution in [3.05, 3.63) is 0 Å².